The number of methoxy groups -OCH3 is 1. The molecular formula is C13H17NO2Si. The SMILES string of the molecule is COC(=O)c1cccc(C#C[Si](C)(C)C)c1N. The van der Waals surface area contributed by atoms with Crippen molar-refractivity contribution in [2.24, 2.45) is 0 Å². The number of anilines is 1. The van der Waals surface area contributed by atoms with E-state index in [1.807, 2.05) is 6.07 Å². The van der Waals surface area contributed by atoms with Crippen LogP contribution in [0.5, 0.6) is 0 Å². The molecule has 0 fully saturated rings. The van der Waals surface area contributed by atoms with Gasteiger partial charge in [0.05, 0.1) is 18.4 Å². The first-order valence-corrected chi connectivity index (χ1v) is 8.85. The van der Waals surface area contributed by atoms with Crippen molar-refractivity contribution < 1.29 is 9.53 Å². The minimum atomic E-state index is -1.45. The van der Waals surface area contributed by atoms with Crippen molar-refractivity contribution in [3.63, 3.8) is 0 Å². The largest absolute Gasteiger partial charge is 0.465 e. The molecule has 0 heterocycles. The lowest BCUT2D eigenvalue weighted by atomic mass is 10.1. The number of hydrogen-bond acceptors (Lipinski definition) is 3. The van der Waals surface area contributed by atoms with Gasteiger partial charge >= 0.3 is 5.97 Å². The third-order valence-electron chi connectivity index (χ3n) is 2.08. The average molecular weight is 247 g/mol. The van der Waals surface area contributed by atoms with Crippen LogP contribution in [0.2, 0.25) is 19.6 Å². The van der Waals surface area contributed by atoms with Crippen LogP contribution in [0.3, 0.4) is 0 Å². The summed E-state index contributed by atoms with van der Waals surface area (Å²) in [5.41, 5.74) is 10.6. The molecule has 0 radical (unpaired) electrons. The summed E-state index contributed by atoms with van der Waals surface area (Å²) in [7, 11) is -0.113. The maximum Gasteiger partial charge on any atom is 0.339 e. The van der Waals surface area contributed by atoms with Gasteiger partial charge < -0.3 is 10.5 Å². The molecule has 90 valence electrons. The molecule has 0 bridgehead atoms. The molecule has 1 aromatic rings. The highest BCUT2D eigenvalue weighted by atomic mass is 28.3. The average Bonchev–Trinajstić information content (AvgIpc) is 2.25. The van der Waals surface area contributed by atoms with Gasteiger partial charge in [0.25, 0.3) is 0 Å². The van der Waals surface area contributed by atoms with Crippen molar-refractivity contribution in [2.45, 2.75) is 19.6 Å². The molecule has 4 heteroatoms. The fourth-order valence-electron chi connectivity index (χ4n) is 1.22. The van der Waals surface area contributed by atoms with E-state index in [9.17, 15) is 4.79 Å². The molecular weight excluding hydrogens is 230 g/mol. The molecule has 0 amide bonds. The Bertz CT molecular complexity index is 492. The van der Waals surface area contributed by atoms with Crippen LogP contribution in [0.15, 0.2) is 18.2 Å². The first-order chi connectivity index (χ1) is 7.85. The summed E-state index contributed by atoms with van der Waals surface area (Å²) >= 11 is 0. The number of carbonyl (C=O) groups excluding carboxylic acids is 1. The van der Waals surface area contributed by atoms with Crippen LogP contribution in [0, 0.1) is 11.5 Å². The topological polar surface area (TPSA) is 52.3 Å². The summed E-state index contributed by atoms with van der Waals surface area (Å²) in [5, 5.41) is 0. The van der Waals surface area contributed by atoms with Gasteiger partial charge in [-0.2, -0.15) is 0 Å². The van der Waals surface area contributed by atoms with E-state index in [-0.39, 0.29) is 0 Å². The normalized spacial score (nSPS) is 10.4. The van der Waals surface area contributed by atoms with Crippen molar-refractivity contribution in [3.05, 3.63) is 29.3 Å². The van der Waals surface area contributed by atoms with E-state index in [2.05, 4.69) is 35.8 Å². The lowest BCUT2D eigenvalue weighted by molar-refractivity contribution is 0.0602. The second-order valence-electron chi connectivity index (χ2n) is 4.76. The van der Waals surface area contributed by atoms with Gasteiger partial charge in [0.1, 0.15) is 8.07 Å². The number of nitrogen functional groups attached to an aromatic ring is 1. The van der Waals surface area contributed by atoms with Crippen LogP contribution < -0.4 is 5.73 Å². The van der Waals surface area contributed by atoms with E-state index in [1.54, 1.807) is 12.1 Å². The van der Waals surface area contributed by atoms with Crippen molar-refractivity contribution in [3.8, 4) is 11.5 Å². The van der Waals surface area contributed by atoms with Gasteiger partial charge in [-0.05, 0) is 12.1 Å². The van der Waals surface area contributed by atoms with Gasteiger partial charge in [0, 0.05) is 5.56 Å². The summed E-state index contributed by atoms with van der Waals surface area (Å²) in [6.07, 6.45) is 0. The highest BCUT2D eigenvalue weighted by Crippen LogP contribution is 2.17. The molecule has 0 aliphatic heterocycles. The number of benzene rings is 1. The second-order valence-corrected chi connectivity index (χ2v) is 9.51. The van der Waals surface area contributed by atoms with E-state index in [0.717, 1.165) is 0 Å². The Balaban J connectivity index is 3.19. The number of nitrogens with two attached hydrogens (primary N) is 1. The van der Waals surface area contributed by atoms with Crippen molar-refractivity contribution in [2.75, 3.05) is 12.8 Å². The first-order valence-electron chi connectivity index (χ1n) is 5.35. The van der Waals surface area contributed by atoms with E-state index in [1.165, 1.54) is 7.11 Å². The van der Waals surface area contributed by atoms with Crippen LogP contribution >= 0.6 is 0 Å². The highest BCUT2D eigenvalue weighted by Gasteiger charge is 2.12. The number of esters is 1. The Labute approximate surface area is 103 Å². The van der Waals surface area contributed by atoms with Crippen LogP contribution in [0.1, 0.15) is 15.9 Å². The summed E-state index contributed by atoms with van der Waals surface area (Å²) in [6.45, 7) is 6.46. The van der Waals surface area contributed by atoms with E-state index >= 15 is 0 Å². The van der Waals surface area contributed by atoms with Gasteiger partial charge in [0.2, 0.25) is 0 Å². The standard InChI is InChI=1S/C13H17NO2Si/c1-16-13(15)11-7-5-6-10(12(11)14)8-9-17(2,3)4/h5-7H,14H2,1-4H3. The third-order valence-corrected chi connectivity index (χ3v) is 2.96. The molecule has 0 aromatic heterocycles. The maximum absolute atomic E-state index is 11.4. The molecule has 1 aromatic carbocycles. The molecule has 0 unspecified atom stereocenters. The summed E-state index contributed by atoms with van der Waals surface area (Å²) in [5.74, 6) is 2.62. The molecule has 3 nitrogen and oxygen atoms in total. The molecule has 0 saturated carbocycles. The van der Waals surface area contributed by atoms with Crippen LogP contribution in [0.4, 0.5) is 5.69 Å². The fraction of sp³-hybridized carbons (Fsp3) is 0.308. The van der Waals surface area contributed by atoms with Gasteiger partial charge in [-0.25, -0.2) is 4.79 Å². The van der Waals surface area contributed by atoms with Crippen molar-refractivity contribution in [1.29, 1.82) is 0 Å². The Morgan fingerprint density at radius 1 is 1.35 bits per heavy atom. The fourth-order valence-corrected chi connectivity index (χ4v) is 1.73. The zero-order valence-corrected chi connectivity index (χ0v) is 11.6. The molecule has 0 aliphatic rings. The second kappa shape index (κ2) is 5.06. The Hall–Kier alpha value is -1.73. The van der Waals surface area contributed by atoms with Gasteiger partial charge in [-0.1, -0.05) is 31.6 Å². The zero-order chi connectivity index (χ0) is 13.1. The van der Waals surface area contributed by atoms with Crippen molar-refractivity contribution >= 4 is 19.7 Å². The first kappa shape index (κ1) is 13.3. The minimum absolute atomic E-state index is 0.370. The molecule has 0 aliphatic carbocycles. The highest BCUT2D eigenvalue weighted by molar-refractivity contribution is 6.83. The van der Waals surface area contributed by atoms with Gasteiger partial charge in [0.15, 0.2) is 0 Å². The van der Waals surface area contributed by atoms with E-state index < -0.39 is 14.0 Å². The Kier molecular flexibility index (Phi) is 3.97. The quantitative estimate of drug-likeness (QED) is 0.358. The number of hydrogen-bond donors (Lipinski definition) is 1. The lowest BCUT2D eigenvalue weighted by Gasteiger charge is -2.07. The lowest BCUT2D eigenvalue weighted by Crippen LogP contribution is -2.16. The monoisotopic (exact) mass is 247 g/mol. The Morgan fingerprint density at radius 2 is 2.00 bits per heavy atom. The number of carbonyl (C=O) groups is 1. The summed E-state index contributed by atoms with van der Waals surface area (Å²) in [6, 6.07) is 5.21. The van der Waals surface area contributed by atoms with E-state index in [4.69, 9.17) is 5.73 Å². The molecule has 0 spiro atoms. The smallest absolute Gasteiger partial charge is 0.339 e. The zero-order valence-electron chi connectivity index (χ0n) is 10.6. The summed E-state index contributed by atoms with van der Waals surface area (Å²) < 4.78 is 4.66. The third kappa shape index (κ3) is 3.65. The molecule has 1 rings (SSSR count). The van der Waals surface area contributed by atoms with Crippen LogP contribution in [-0.4, -0.2) is 21.2 Å². The number of rotatable bonds is 1. The maximum atomic E-state index is 11.4. The molecule has 0 saturated heterocycles. The molecule has 17 heavy (non-hydrogen) atoms. The van der Waals surface area contributed by atoms with Crippen LogP contribution in [-0.2, 0) is 4.74 Å². The van der Waals surface area contributed by atoms with Crippen molar-refractivity contribution in [1.82, 2.24) is 0 Å². The minimum Gasteiger partial charge on any atom is -0.465 e. The number of para-hydroxylation sites is 1. The predicted molar refractivity (Wildman–Crippen MR) is 72.4 cm³/mol. The summed E-state index contributed by atoms with van der Waals surface area (Å²) in [4.78, 5) is 11.4. The molecule has 2 N–H and O–H groups in total. The predicted octanol–water partition coefficient (Wildman–Crippen LogP) is 2.28. The van der Waals surface area contributed by atoms with Gasteiger partial charge in [-0.15, -0.1) is 5.54 Å². The van der Waals surface area contributed by atoms with Crippen LogP contribution in [0.25, 0.3) is 0 Å². The molecule has 0 atom stereocenters. The van der Waals surface area contributed by atoms with E-state index in [0.29, 0.717) is 16.8 Å². The Morgan fingerprint density at radius 3 is 2.53 bits per heavy atom. The van der Waals surface area contributed by atoms with Gasteiger partial charge in [-0.3, -0.25) is 0 Å². The number of ether oxygens (including phenoxy) is 1.